The monoisotopic (exact) mass is 223 g/mol. The van der Waals surface area contributed by atoms with Crippen molar-refractivity contribution < 1.29 is 0 Å². The van der Waals surface area contributed by atoms with E-state index in [1.165, 1.54) is 28.6 Å². The highest BCUT2D eigenvalue weighted by Gasteiger charge is 2.49. The summed E-state index contributed by atoms with van der Waals surface area (Å²) in [7, 11) is 0. The van der Waals surface area contributed by atoms with Crippen molar-refractivity contribution in [2.45, 2.75) is 18.3 Å². The average molecular weight is 224 g/mol. The third kappa shape index (κ3) is 0.738. The zero-order chi connectivity index (χ0) is 8.18. The molecular formula is C10H10BrN. The molecular weight excluding hydrogens is 214 g/mol. The molecule has 1 fully saturated rings. The van der Waals surface area contributed by atoms with Gasteiger partial charge in [0.2, 0.25) is 0 Å². The molecule has 1 N–H and O–H groups in total. The fraction of sp³-hybridized carbons (Fsp3) is 0.400. The van der Waals surface area contributed by atoms with E-state index in [9.17, 15) is 0 Å². The number of anilines is 1. The first-order valence-electron chi connectivity index (χ1n) is 4.35. The summed E-state index contributed by atoms with van der Waals surface area (Å²) >= 11 is 3.56. The van der Waals surface area contributed by atoms with E-state index in [4.69, 9.17) is 0 Å². The lowest BCUT2D eigenvalue weighted by molar-refractivity contribution is 0.778. The van der Waals surface area contributed by atoms with Crippen LogP contribution in [0.25, 0.3) is 0 Å². The summed E-state index contributed by atoms with van der Waals surface area (Å²) in [5.41, 5.74) is 3.38. The lowest BCUT2D eigenvalue weighted by Crippen LogP contribution is -2.07. The van der Waals surface area contributed by atoms with Gasteiger partial charge < -0.3 is 5.32 Å². The van der Waals surface area contributed by atoms with Crippen molar-refractivity contribution in [3.63, 3.8) is 0 Å². The Morgan fingerprint density at radius 3 is 2.92 bits per heavy atom. The van der Waals surface area contributed by atoms with Gasteiger partial charge in [-0.25, -0.2) is 0 Å². The number of rotatable bonds is 0. The topological polar surface area (TPSA) is 12.0 Å². The quantitative estimate of drug-likeness (QED) is 0.714. The molecule has 1 spiro atoms. The normalized spacial score (nSPS) is 22.1. The van der Waals surface area contributed by atoms with E-state index in [-0.39, 0.29) is 0 Å². The number of hydrogen-bond donors (Lipinski definition) is 1. The largest absolute Gasteiger partial charge is 0.383 e. The molecule has 1 heterocycles. The first kappa shape index (κ1) is 6.96. The third-order valence-electron chi connectivity index (χ3n) is 3.04. The van der Waals surface area contributed by atoms with Crippen molar-refractivity contribution in [2.24, 2.45) is 0 Å². The predicted molar refractivity (Wildman–Crippen MR) is 53.5 cm³/mol. The van der Waals surface area contributed by atoms with E-state index in [1.807, 2.05) is 0 Å². The fourth-order valence-corrected chi connectivity index (χ4v) is 2.60. The maximum atomic E-state index is 3.56. The maximum Gasteiger partial charge on any atom is 0.0523 e. The molecule has 3 rings (SSSR count). The molecule has 1 aromatic carbocycles. The van der Waals surface area contributed by atoms with Gasteiger partial charge in [0.1, 0.15) is 0 Å². The molecule has 0 aromatic heterocycles. The van der Waals surface area contributed by atoms with Crippen LogP contribution in [-0.2, 0) is 5.41 Å². The molecule has 1 aromatic rings. The van der Waals surface area contributed by atoms with Gasteiger partial charge in [-0.2, -0.15) is 0 Å². The van der Waals surface area contributed by atoms with Crippen molar-refractivity contribution in [2.75, 3.05) is 11.9 Å². The molecule has 1 saturated carbocycles. The molecule has 62 valence electrons. The number of benzene rings is 1. The van der Waals surface area contributed by atoms with E-state index in [0.717, 1.165) is 6.54 Å². The molecule has 0 atom stereocenters. The Bertz CT molecular complexity index is 342. The summed E-state index contributed by atoms with van der Waals surface area (Å²) < 4.78 is 1.21. The minimum absolute atomic E-state index is 0.527. The summed E-state index contributed by atoms with van der Waals surface area (Å²) in [6, 6.07) is 6.50. The van der Waals surface area contributed by atoms with Crippen LogP contribution in [0.4, 0.5) is 5.69 Å². The smallest absolute Gasteiger partial charge is 0.0523 e. The van der Waals surface area contributed by atoms with Crippen LogP contribution in [0.3, 0.4) is 0 Å². The molecule has 12 heavy (non-hydrogen) atoms. The molecule has 0 saturated heterocycles. The Balaban J connectivity index is 2.23. The van der Waals surface area contributed by atoms with Crippen LogP contribution in [0.2, 0.25) is 0 Å². The van der Waals surface area contributed by atoms with Crippen LogP contribution in [-0.4, -0.2) is 6.54 Å². The number of fused-ring (bicyclic) bond motifs is 2. The molecule has 1 aliphatic carbocycles. The van der Waals surface area contributed by atoms with Crippen LogP contribution < -0.4 is 5.32 Å². The second kappa shape index (κ2) is 2.05. The van der Waals surface area contributed by atoms with Gasteiger partial charge in [-0.1, -0.05) is 12.1 Å². The van der Waals surface area contributed by atoms with Gasteiger partial charge in [-0.05, 0) is 40.4 Å². The summed E-state index contributed by atoms with van der Waals surface area (Å²) in [5, 5.41) is 3.47. The molecule has 1 aliphatic heterocycles. The van der Waals surface area contributed by atoms with Gasteiger partial charge in [-0.15, -0.1) is 0 Å². The first-order chi connectivity index (χ1) is 5.82. The van der Waals surface area contributed by atoms with Gasteiger partial charge in [0.05, 0.1) is 5.69 Å². The average Bonchev–Trinajstić information content (AvgIpc) is 2.73. The van der Waals surface area contributed by atoms with Crippen LogP contribution in [0.1, 0.15) is 18.4 Å². The summed E-state index contributed by atoms with van der Waals surface area (Å²) in [6.45, 7) is 1.14. The lowest BCUT2D eigenvalue weighted by Gasteiger charge is -2.05. The van der Waals surface area contributed by atoms with Gasteiger partial charge in [0.15, 0.2) is 0 Å². The number of para-hydroxylation sites is 1. The highest BCUT2D eigenvalue weighted by Crippen LogP contribution is 2.55. The second-order valence-corrected chi connectivity index (χ2v) is 4.65. The zero-order valence-electron chi connectivity index (χ0n) is 6.73. The lowest BCUT2D eigenvalue weighted by atomic mass is 9.99. The van der Waals surface area contributed by atoms with Crippen molar-refractivity contribution in [3.8, 4) is 0 Å². The number of nitrogens with one attached hydrogen (secondary N) is 1. The molecule has 0 radical (unpaired) electrons. The predicted octanol–water partition coefficient (Wildman–Crippen LogP) is 2.91. The van der Waals surface area contributed by atoms with Crippen LogP contribution >= 0.6 is 15.9 Å². The Morgan fingerprint density at radius 1 is 1.33 bits per heavy atom. The highest BCUT2D eigenvalue weighted by atomic mass is 79.9. The van der Waals surface area contributed by atoms with Gasteiger partial charge in [0.25, 0.3) is 0 Å². The molecule has 2 aliphatic rings. The fourth-order valence-electron chi connectivity index (χ4n) is 2.10. The van der Waals surface area contributed by atoms with E-state index >= 15 is 0 Å². The first-order valence-corrected chi connectivity index (χ1v) is 5.14. The molecule has 0 amide bonds. The number of halogens is 1. The summed E-state index contributed by atoms with van der Waals surface area (Å²) in [5.74, 6) is 0. The summed E-state index contributed by atoms with van der Waals surface area (Å²) in [4.78, 5) is 0. The Kier molecular flexibility index (Phi) is 1.19. The molecule has 0 bridgehead atoms. The Morgan fingerprint density at radius 2 is 2.17 bits per heavy atom. The van der Waals surface area contributed by atoms with Crippen LogP contribution in [0.5, 0.6) is 0 Å². The third-order valence-corrected chi connectivity index (χ3v) is 3.70. The van der Waals surface area contributed by atoms with Crippen molar-refractivity contribution >= 4 is 21.6 Å². The second-order valence-electron chi connectivity index (χ2n) is 3.80. The summed E-state index contributed by atoms with van der Waals surface area (Å²) in [6.07, 6.45) is 2.73. The van der Waals surface area contributed by atoms with Gasteiger partial charge in [0, 0.05) is 16.4 Å². The zero-order valence-corrected chi connectivity index (χ0v) is 8.32. The Labute approximate surface area is 80.3 Å². The minimum atomic E-state index is 0.527. The van der Waals surface area contributed by atoms with E-state index in [0.29, 0.717) is 5.41 Å². The number of hydrogen-bond acceptors (Lipinski definition) is 1. The van der Waals surface area contributed by atoms with E-state index in [1.54, 1.807) is 0 Å². The maximum absolute atomic E-state index is 3.56. The van der Waals surface area contributed by atoms with Crippen LogP contribution in [0.15, 0.2) is 22.7 Å². The van der Waals surface area contributed by atoms with E-state index in [2.05, 4.69) is 39.4 Å². The van der Waals surface area contributed by atoms with Gasteiger partial charge >= 0.3 is 0 Å². The van der Waals surface area contributed by atoms with Crippen molar-refractivity contribution in [1.82, 2.24) is 0 Å². The Hall–Kier alpha value is -0.500. The van der Waals surface area contributed by atoms with Crippen molar-refractivity contribution in [3.05, 3.63) is 28.2 Å². The molecule has 1 nitrogen and oxygen atoms in total. The standard InChI is InChI=1S/C10H10BrN/c11-8-3-1-2-7-9(8)12-6-10(7)4-5-10/h1-3,12H,4-6H2. The minimum Gasteiger partial charge on any atom is -0.383 e. The van der Waals surface area contributed by atoms with Crippen molar-refractivity contribution in [1.29, 1.82) is 0 Å². The molecule has 0 unspecified atom stereocenters. The van der Waals surface area contributed by atoms with Gasteiger partial charge in [-0.3, -0.25) is 0 Å². The highest BCUT2D eigenvalue weighted by molar-refractivity contribution is 9.10. The SMILES string of the molecule is Brc1cccc2c1NCC21CC1. The van der Waals surface area contributed by atoms with Crippen LogP contribution in [0, 0.1) is 0 Å². The molecule has 2 heteroatoms. The van der Waals surface area contributed by atoms with E-state index < -0.39 is 0 Å².